The van der Waals surface area contributed by atoms with Crippen LogP contribution < -0.4 is 5.84 Å². The van der Waals surface area contributed by atoms with Crippen molar-refractivity contribution in [2.24, 2.45) is 17.7 Å². The summed E-state index contributed by atoms with van der Waals surface area (Å²) in [5.74, 6) is 5.19. The van der Waals surface area contributed by atoms with E-state index in [0.29, 0.717) is 4.78 Å². The monoisotopic (exact) mass is 210 g/mol. The van der Waals surface area contributed by atoms with E-state index >= 15 is 0 Å². The van der Waals surface area contributed by atoms with Gasteiger partial charge >= 0.3 is 0 Å². The van der Waals surface area contributed by atoms with E-state index in [9.17, 15) is 9.59 Å². The van der Waals surface area contributed by atoms with E-state index in [-0.39, 0.29) is 23.7 Å². The molecule has 2 unspecified atom stereocenters. The third-order valence-electron chi connectivity index (χ3n) is 3.44. The van der Waals surface area contributed by atoms with Crippen LogP contribution in [-0.2, 0) is 9.59 Å². The molecule has 2 aliphatic rings. The fraction of sp³-hybridized carbons (Fsp3) is 0.778. The summed E-state index contributed by atoms with van der Waals surface area (Å²) in [6.45, 7) is 0. The normalized spacial score (nSPS) is 38.4. The molecule has 1 saturated carbocycles. The summed E-state index contributed by atoms with van der Waals surface area (Å²) < 4.78 is 0.674. The van der Waals surface area contributed by atoms with E-state index in [0.717, 1.165) is 47.0 Å². The van der Waals surface area contributed by atoms with Crippen molar-refractivity contribution in [2.75, 3.05) is 0 Å². The molecule has 0 spiro atoms. The number of imide groups is 1. The largest absolute Gasteiger partial charge is 0.273 e. The van der Waals surface area contributed by atoms with Gasteiger partial charge in [-0.2, -0.15) is 0 Å². The molecule has 0 aromatic heterocycles. The zero-order valence-electron chi connectivity index (χ0n) is 8.40. The molecule has 1 aliphatic heterocycles. The summed E-state index contributed by atoms with van der Waals surface area (Å²) in [5, 5.41) is 0.860. The average Bonchev–Trinajstić information content (AvgIpc) is 2.34. The molecule has 1 saturated heterocycles. The highest BCUT2D eigenvalue weighted by Crippen LogP contribution is 2.37. The predicted octanol–water partition coefficient (Wildman–Crippen LogP) is -0.543. The van der Waals surface area contributed by atoms with Crippen molar-refractivity contribution in [3.8, 4) is 0 Å². The van der Waals surface area contributed by atoms with Crippen LogP contribution in [0.5, 0.6) is 0 Å². The molecule has 2 bridgehead atoms. The van der Waals surface area contributed by atoms with E-state index in [2.05, 4.69) is 0 Å². The number of hydrogen-bond donors (Lipinski definition) is 1. The van der Waals surface area contributed by atoms with Gasteiger partial charge < -0.3 is 0 Å². The van der Waals surface area contributed by atoms with Crippen molar-refractivity contribution in [3.63, 3.8) is 0 Å². The lowest BCUT2D eigenvalue weighted by molar-refractivity contribution is -0.155. The minimum absolute atomic E-state index is 0.0154. The number of hydrogen-bond acceptors (Lipinski definition) is 3. The Morgan fingerprint density at radius 3 is 2.50 bits per heavy atom. The van der Waals surface area contributed by atoms with Gasteiger partial charge in [0, 0.05) is 11.8 Å². The summed E-state index contributed by atoms with van der Waals surface area (Å²) in [6, 6.07) is 0. The molecule has 1 aliphatic carbocycles. The van der Waals surface area contributed by atoms with Crippen LogP contribution in [0.4, 0.5) is 0 Å². The fourth-order valence-corrected chi connectivity index (χ4v) is 3.48. The summed E-state index contributed by atoms with van der Waals surface area (Å²) in [7, 11) is 0. The van der Waals surface area contributed by atoms with Gasteiger partial charge in [0.2, 0.25) is 28.1 Å². The van der Waals surface area contributed by atoms with Crippen molar-refractivity contribution < 1.29 is 9.59 Å². The Morgan fingerprint density at radius 2 is 1.79 bits per heavy atom. The van der Waals surface area contributed by atoms with E-state index in [1.54, 1.807) is 0 Å². The average molecular weight is 210 g/mol. The van der Waals surface area contributed by atoms with Gasteiger partial charge in [-0.3, -0.25) is 9.59 Å². The Balaban J connectivity index is 2.24. The number of carbonyl (C=O) groups is 2. The topological polar surface area (TPSA) is 63.4 Å². The molecular formula is C9H15AlN2O2. The Bertz CT molecular complexity index is 282. The Hall–Kier alpha value is -0.368. The van der Waals surface area contributed by atoms with E-state index in [1.807, 2.05) is 0 Å². The lowest BCUT2D eigenvalue weighted by Gasteiger charge is -2.30. The summed E-state index contributed by atoms with van der Waals surface area (Å²) in [6.07, 6.45) is 3.71. The van der Waals surface area contributed by atoms with Crippen molar-refractivity contribution >= 4 is 28.1 Å². The van der Waals surface area contributed by atoms with Crippen LogP contribution in [0.15, 0.2) is 0 Å². The molecule has 76 valence electrons. The highest BCUT2D eigenvalue weighted by molar-refractivity contribution is 6.12. The van der Waals surface area contributed by atoms with Crippen LogP contribution in [0.2, 0.25) is 4.78 Å². The summed E-state index contributed by atoms with van der Waals surface area (Å²) in [5.41, 5.74) is 0. The number of carbonyl (C=O) groups excluding carboxylic acids is 2. The predicted molar refractivity (Wildman–Crippen MR) is 53.8 cm³/mol. The summed E-state index contributed by atoms with van der Waals surface area (Å²) >= 11 is 1.12. The number of hydrazine groups is 1. The molecule has 2 fully saturated rings. The van der Waals surface area contributed by atoms with Gasteiger partial charge in [-0.05, 0) is 12.8 Å². The minimum atomic E-state index is -0.165. The van der Waals surface area contributed by atoms with Crippen LogP contribution in [-0.4, -0.2) is 33.1 Å². The molecule has 1 heterocycles. The second kappa shape index (κ2) is 3.65. The molecular weight excluding hydrogens is 195 g/mol. The first-order chi connectivity index (χ1) is 6.59. The SMILES string of the molecule is NN1C(=O)C2C[CH]([AlH2])CC[C@@H](C2)C1=O. The highest BCUT2D eigenvalue weighted by Gasteiger charge is 2.41. The van der Waals surface area contributed by atoms with E-state index in [4.69, 9.17) is 5.84 Å². The Labute approximate surface area is 91.2 Å². The van der Waals surface area contributed by atoms with Gasteiger partial charge in [-0.15, -0.1) is 0 Å². The lowest BCUT2D eigenvalue weighted by Crippen LogP contribution is -2.52. The highest BCUT2D eigenvalue weighted by atomic mass is 27.0. The van der Waals surface area contributed by atoms with Gasteiger partial charge in [-0.25, -0.2) is 10.9 Å². The molecule has 14 heavy (non-hydrogen) atoms. The fourth-order valence-electron chi connectivity index (χ4n) is 2.57. The van der Waals surface area contributed by atoms with Crippen molar-refractivity contribution in [1.29, 1.82) is 0 Å². The number of piperidine rings is 1. The third-order valence-corrected chi connectivity index (χ3v) is 4.49. The molecule has 3 atom stereocenters. The molecule has 2 amide bonds. The quantitative estimate of drug-likeness (QED) is 0.253. The first kappa shape index (κ1) is 10.2. The Kier molecular flexibility index (Phi) is 2.65. The molecule has 0 aromatic rings. The second-order valence-corrected chi connectivity index (χ2v) is 6.23. The van der Waals surface area contributed by atoms with Gasteiger partial charge in [0.05, 0.1) is 0 Å². The van der Waals surface area contributed by atoms with Crippen LogP contribution in [0.25, 0.3) is 0 Å². The number of amides is 2. The van der Waals surface area contributed by atoms with Crippen LogP contribution in [0.3, 0.4) is 0 Å². The first-order valence-electron chi connectivity index (χ1n) is 5.22. The van der Waals surface area contributed by atoms with Gasteiger partial charge in [0.25, 0.3) is 0 Å². The smallest absolute Gasteiger partial charge is 0.246 e. The van der Waals surface area contributed by atoms with Crippen LogP contribution in [0.1, 0.15) is 25.7 Å². The molecule has 4 nitrogen and oxygen atoms in total. The zero-order chi connectivity index (χ0) is 10.3. The second-order valence-electron chi connectivity index (χ2n) is 4.59. The minimum Gasteiger partial charge on any atom is -0.273 e. The van der Waals surface area contributed by atoms with Crippen molar-refractivity contribution in [1.82, 2.24) is 5.01 Å². The summed E-state index contributed by atoms with van der Waals surface area (Å²) in [4.78, 5) is 23.2. The van der Waals surface area contributed by atoms with Crippen molar-refractivity contribution in [2.45, 2.75) is 30.5 Å². The zero-order valence-corrected chi connectivity index (χ0v) is 10.4. The number of nitrogens with two attached hydrogens (primary N) is 1. The number of rotatable bonds is 0. The van der Waals surface area contributed by atoms with E-state index < -0.39 is 0 Å². The van der Waals surface area contributed by atoms with E-state index in [1.165, 1.54) is 0 Å². The number of nitrogens with zero attached hydrogens (tertiary/aromatic N) is 1. The maximum atomic E-state index is 11.6. The molecule has 2 rings (SSSR count). The molecule has 5 heteroatoms. The van der Waals surface area contributed by atoms with Gasteiger partial charge in [0.1, 0.15) is 0 Å². The Morgan fingerprint density at radius 1 is 1.14 bits per heavy atom. The maximum Gasteiger partial charge on any atom is 0.246 e. The van der Waals surface area contributed by atoms with Crippen LogP contribution in [0, 0.1) is 11.8 Å². The van der Waals surface area contributed by atoms with Crippen molar-refractivity contribution in [3.05, 3.63) is 0 Å². The van der Waals surface area contributed by atoms with Gasteiger partial charge in [0.15, 0.2) is 0 Å². The maximum absolute atomic E-state index is 11.6. The van der Waals surface area contributed by atoms with Gasteiger partial charge in [-0.1, -0.05) is 17.6 Å². The first-order valence-corrected chi connectivity index (χ1v) is 6.37. The molecule has 2 N–H and O–H groups in total. The molecule has 0 aromatic carbocycles. The third kappa shape index (κ3) is 1.60. The molecule has 0 radical (unpaired) electrons. The lowest BCUT2D eigenvalue weighted by atomic mass is 9.88. The number of fused-ring (bicyclic) bond motifs is 2. The van der Waals surface area contributed by atoms with Crippen LogP contribution >= 0.6 is 0 Å². The standard InChI is InChI=1S/C9H13N2O2.Al.2H/c10-11-8(12)6-3-1-2-4-7(5-6)9(11)13;;;/h1,6-7H,2-5,10H2;;;/t6?,7-;;;/m0.../s1.